The molecule has 1 fully saturated rings. The lowest BCUT2D eigenvalue weighted by Crippen LogP contribution is -2.27. The van der Waals surface area contributed by atoms with E-state index in [-0.39, 0.29) is 16.7 Å². The number of hydrogen-bond acceptors (Lipinski definition) is 2. The zero-order chi connectivity index (χ0) is 12.2. The minimum absolute atomic E-state index is 0.0786. The molecule has 0 radical (unpaired) electrons. The van der Waals surface area contributed by atoms with Gasteiger partial charge in [0.2, 0.25) is 5.56 Å². The molecule has 17 heavy (non-hydrogen) atoms. The van der Waals surface area contributed by atoms with Gasteiger partial charge in [0.1, 0.15) is 0 Å². The first-order chi connectivity index (χ1) is 7.99. The fourth-order valence-corrected chi connectivity index (χ4v) is 2.28. The van der Waals surface area contributed by atoms with E-state index in [4.69, 9.17) is 11.6 Å². The molecule has 88 valence electrons. The third-order valence-corrected chi connectivity index (χ3v) is 3.69. The summed E-state index contributed by atoms with van der Waals surface area (Å²) >= 11 is 6.02. The van der Waals surface area contributed by atoms with Crippen LogP contribution in [0.15, 0.2) is 27.9 Å². The molecule has 0 bridgehead atoms. The minimum atomic E-state index is -0.294. The predicted octanol–water partition coefficient (Wildman–Crippen LogP) is 1.85. The van der Waals surface area contributed by atoms with Crippen molar-refractivity contribution in [3.05, 3.63) is 44.1 Å². The summed E-state index contributed by atoms with van der Waals surface area (Å²) < 4.78 is 1.71. The smallest absolute Gasteiger partial charge is 0.253 e. The van der Waals surface area contributed by atoms with Crippen LogP contribution in [0, 0.1) is 0 Å². The number of aromatic nitrogens is 2. The summed E-state index contributed by atoms with van der Waals surface area (Å²) in [6.45, 7) is 2.04. The quantitative estimate of drug-likeness (QED) is 0.840. The molecule has 1 aliphatic rings. The van der Waals surface area contributed by atoms with Crippen LogP contribution in [0.4, 0.5) is 0 Å². The molecular weight excluding hydrogens is 240 g/mol. The van der Waals surface area contributed by atoms with Crippen molar-refractivity contribution in [2.45, 2.75) is 25.3 Å². The Morgan fingerprint density at radius 2 is 2.06 bits per heavy atom. The maximum Gasteiger partial charge on any atom is 0.253 e. The van der Waals surface area contributed by atoms with E-state index in [0.29, 0.717) is 15.9 Å². The van der Waals surface area contributed by atoms with E-state index in [2.05, 4.69) is 4.98 Å². The second kappa shape index (κ2) is 3.23. The summed E-state index contributed by atoms with van der Waals surface area (Å²) in [7, 11) is 0. The molecule has 1 saturated carbocycles. The zero-order valence-corrected chi connectivity index (χ0v) is 10.0. The molecule has 0 aromatic carbocycles. The van der Waals surface area contributed by atoms with Gasteiger partial charge in [-0.25, -0.2) is 0 Å². The second-order valence-corrected chi connectivity index (χ2v) is 5.19. The molecule has 0 atom stereocenters. The number of halogens is 1. The summed E-state index contributed by atoms with van der Waals surface area (Å²) in [5, 5.41) is 1.08. The third-order valence-electron chi connectivity index (χ3n) is 3.38. The van der Waals surface area contributed by atoms with E-state index >= 15 is 0 Å². The lowest BCUT2D eigenvalue weighted by molar-refractivity contribution is 0.516. The molecule has 2 aromatic heterocycles. The van der Waals surface area contributed by atoms with E-state index in [1.54, 1.807) is 10.8 Å². The molecule has 1 N–H and O–H groups in total. The molecule has 0 amide bonds. The zero-order valence-electron chi connectivity index (χ0n) is 9.29. The molecule has 4 nitrogen and oxygen atoms in total. The molecule has 0 spiro atoms. The molecular formula is C12H11ClN2O2. The Balaban J connectivity index is 2.39. The predicted molar refractivity (Wildman–Crippen MR) is 66.7 cm³/mol. The van der Waals surface area contributed by atoms with E-state index < -0.39 is 0 Å². The van der Waals surface area contributed by atoms with Crippen LogP contribution < -0.4 is 11.1 Å². The van der Waals surface area contributed by atoms with Crippen LogP contribution in [0.2, 0.25) is 5.02 Å². The van der Waals surface area contributed by atoms with Crippen molar-refractivity contribution in [2.75, 3.05) is 0 Å². The molecule has 5 heteroatoms. The molecule has 2 aromatic rings. The van der Waals surface area contributed by atoms with Crippen LogP contribution in [0.5, 0.6) is 0 Å². The lowest BCUT2D eigenvalue weighted by Gasteiger charge is -2.13. The number of nitrogens with zero attached hydrogens (tertiary/aromatic N) is 1. The van der Waals surface area contributed by atoms with Crippen molar-refractivity contribution in [2.24, 2.45) is 0 Å². The summed E-state index contributed by atoms with van der Waals surface area (Å²) in [6.07, 6.45) is 3.74. The van der Waals surface area contributed by atoms with Gasteiger partial charge in [-0.1, -0.05) is 11.6 Å². The van der Waals surface area contributed by atoms with Crippen molar-refractivity contribution in [1.29, 1.82) is 0 Å². The number of pyridine rings is 2. The van der Waals surface area contributed by atoms with E-state index in [1.165, 1.54) is 12.1 Å². The summed E-state index contributed by atoms with van der Waals surface area (Å²) in [4.78, 5) is 25.8. The molecule has 0 saturated heterocycles. The molecule has 3 rings (SSSR count). The second-order valence-electron chi connectivity index (χ2n) is 4.79. The largest absolute Gasteiger partial charge is 0.322 e. The van der Waals surface area contributed by atoms with Crippen LogP contribution >= 0.6 is 11.6 Å². The fourth-order valence-electron chi connectivity index (χ4n) is 2.03. The lowest BCUT2D eigenvalue weighted by atomic mass is 10.2. The summed E-state index contributed by atoms with van der Waals surface area (Å²) in [5.74, 6) is 0. The number of fused-ring (bicyclic) bond motifs is 1. The maximum absolute atomic E-state index is 11.9. The highest BCUT2D eigenvalue weighted by molar-refractivity contribution is 6.35. The first-order valence-corrected chi connectivity index (χ1v) is 5.83. The number of rotatable bonds is 1. The first kappa shape index (κ1) is 10.6. The van der Waals surface area contributed by atoms with E-state index in [9.17, 15) is 9.59 Å². The van der Waals surface area contributed by atoms with Gasteiger partial charge in [0.05, 0.1) is 10.5 Å². The van der Waals surface area contributed by atoms with Gasteiger partial charge in [0, 0.05) is 29.3 Å². The Bertz CT molecular complexity index is 725. The summed E-state index contributed by atoms with van der Waals surface area (Å²) in [5.41, 5.74) is 0.0192. The highest BCUT2D eigenvalue weighted by Crippen LogP contribution is 2.42. The normalized spacial score (nSPS) is 17.3. The summed E-state index contributed by atoms with van der Waals surface area (Å²) in [6, 6.07) is 2.76. The number of aromatic amines is 1. The molecule has 1 aliphatic carbocycles. The molecule has 2 heterocycles. The van der Waals surface area contributed by atoms with Gasteiger partial charge >= 0.3 is 0 Å². The van der Waals surface area contributed by atoms with Crippen molar-refractivity contribution < 1.29 is 0 Å². The van der Waals surface area contributed by atoms with Crippen molar-refractivity contribution in [1.82, 2.24) is 9.55 Å². The minimum Gasteiger partial charge on any atom is -0.322 e. The van der Waals surface area contributed by atoms with Gasteiger partial charge in [0.25, 0.3) is 5.56 Å². The van der Waals surface area contributed by atoms with E-state index in [1.807, 2.05) is 6.92 Å². The molecule has 0 unspecified atom stereocenters. The third kappa shape index (κ3) is 1.60. The Labute approximate surface area is 102 Å². The van der Waals surface area contributed by atoms with Gasteiger partial charge < -0.3 is 9.55 Å². The van der Waals surface area contributed by atoms with Gasteiger partial charge in [0.15, 0.2) is 0 Å². The van der Waals surface area contributed by atoms with Crippen LogP contribution in [-0.4, -0.2) is 9.55 Å². The first-order valence-electron chi connectivity index (χ1n) is 5.45. The van der Waals surface area contributed by atoms with Gasteiger partial charge in [-0.2, -0.15) is 0 Å². The van der Waals surface area contributed by atoms with Crippen molar-refractivity contribution in [3.8, 4) is 0 Å². The van der Waals surface area contributed by atoms with Crippen LogP contribution in [0.1, 0.15) is 19.8 Å². The van der Waals surface area contributed by atoms with Crippen molar-refractivity contribution >= 4 is 22.5 Å². The van der Waals surface area contributed by atoms with Crippen LogP contribution in [0.25, 0.3) is 10.9 Å². The highest BCUT2D eigenvalue weighted by Gasteiger charge is 2.40. The highest BCUT2D eigenvalue weighted by atomic mass is 35.5. The van der Waals surface area contributed by atoms with Gasteiger partial charge in [-0.05, 0) is 19.8 Å². The monoisotopic (exact) mass is 250 g/mol. The molecule has 0 aliphatic heterocycles. The number of nitrogens with one attached hydrogen (secondary N) is 1. The van der Waals surface area contributed by atoms with Crippen LogP contribution in [0.3, 0.4) is 0 Å². The van der Waals surface area contributed by atoms with Crippen molar-refractivity contribution in [3.63, 3.8) is 0 Å². The van der Waals surface area contributed by atoms with Gasteiger partial charge in [-0.3, -0.25) is 9.59 Å². The SMILES string of the molecule is CC1(n2cc3c(Cl)cc(=O)[nH]c3cc2=O)CC1. The Morgan fingerprint density at radius 3 is 2.71 bits per heavy atom. The topological polar surface area (TPSA) is 54.9 Å². The Kier molecular flexibility index (Phi) is 2.01. The van der Waals surface area contributed by atoms with Gasteiger partial charge in [-0.15, -0.1) is 0 Å². The maximum atomic E-state index is 11.9. The average Bonchev–Trinajstić information content (AvgIpc) is 2.95. The number of H-pyrrole nitrogens is 1. The van der Waals surface area contributed by atoms with E-state index in [0.717, 1.165) is 12.8 Å². The van der Waals surface area contributed by atoms with Crippen LogP contribution in [-0.2, 0) is 5.54 Å². The Hall–Kier alpha value is -1.55. The number of hydrogen-bond donors (Lipinski definition) is 1. The average molecular weight is 251 g/mol. The Morgan fingerprint density at radius 1 is 1.35 bits per heavy atom. The fraction of sp³-hybridized carbons (Fsp3) is 0.333. The standard InChI is InChI=1S/C12H11ClN2O2/c1-12(2-3-12)15-6-7-8(13)4-10(16)14-9(7)5-11(15)17/h4-6H,2-3H2,1H3,(H,14,16).